The van der Waals surface area contributed by atoms with Crippen LogP contribution in [0.25, 0.3) is 39.0 Å². The minimum atomic E-state index is -1.07. The number of aryl methyl sites for hydroxylation is 2. The lowest BCUT2D eigenvalue weighted by Crippen LogP contribution is -2.52. The van der Waals surface area contributed by atoms with Gasteiger partial charge in [-0.2, -0.15) is 5.10 Å². The van der Waals surface area contributed by atoms with Crippen LogP contribution in [-0.4, -0.2) is 52.7 Å². The number of pyridine rings is 2. The van der Waals surface area contributed by atoms with Crippen molar-refractivity contribution < 1.29 is 13.6 Å². The van der Waals surface area contributed by atoms with Crippen LogP contribution >= 0.6 is 0 Å². The highest BCUT2D eigenvalue weighted by molar-refractivity contribution is 5.96. The molecule has 1 aromatic carbocycles. The van der Waals surface area contributed by atoms with E-state index in [1.54, 1.807) is 25.4 Å². The number of rotatable bonds is 5. The number of halogens is 2. The summed E-state index contributed by atoms with van der Waals surface area (Å²) in [7, 11) is 0. The molecule has 1 fully saturated rings. The number of amides is 1. The first-order chi connectivity index (χ1) is 21.8. The lowest BCUT2D eigenvalue weighted by Gasteiger charge is -2.42. The van der Waals surface area contributed by atoms with Crippen LogP contribution < -0.4 is 11.1 Å². The second-order valence-corrected chi connectivity index (χ2v) is 12.6. The number of benzene rings is 1. The summed E-state index contributed by atoms with van der Waals surface area (Å²) in [6.07, 6.45) is 3.47. The Kier molecular flexibility index (Phi) is 7.69. The maximum atomic E-state index is 16.4. The van der Waals surface area contributed by atoms with Crippen molar-refractivity contribution in [2.24, 2.45) is 5.92 Å². The van der Waals surface area contributed by atoms with Gasteiger partial charge in [0.25, 0.3) is 5.91 Å². The van der Waals surface area contributed by atoms with Crippen LogP contribution in [0.5, 0.6) is 0 Å². The molecule has 5 heterocycles. The predicted octanol–water partition coefficient (Wildman–Crippen LogP) is 5.65. The Morgan fingerprint density at radius 1 is 1.11 bits per heavy atom. The van der Waals surface area contributed by atoms with Gasteiger partial charge in [0.1, 0.15) is 5.69 Å². The summed E-state index contributed by atoms with van der Waals surface area (Å²) in [5.74, 6) is -3.09. The maximum absolute atomic E-state index is 16.4. The van der Waals surface area contributed by atoms with Crippen molar-refractivity contribution in [1.82, 2.24) is 34.2 Å². The Morgan fingerprint density at radius 3 is 2.54 bits per heavy atom. The summed E-state index contributed by atoms with van der Waals surface area (Å²) in [4.78, 5) is 51.8. The number of likely N-dealkylation sites (tertiary alicyclic amines) is 1. The monoisotopic (exact) mass is 627 g/mol. The van der Waals surface area contributed by atoms with Gasteiger partial charge in [-0.15, -0.1) is 0 Å². The van der Waals surface area contributed by atoms with Crippen LogP contribution in [0, 0.1) is 25.6 Å². The zero-order chi connectivity index (χ0) is 33.2. The number of hydrogen-bond donors (Lipinski definition) is 1. The topological polar surface area (TPSA) is 119 Å². The van der Waals surface area contributed by atoms with Gasteiger partial charge in [-0.05, 0) is 62.3 Å². The van der Waals surface area contributed by atoms with E-state index in [0.717, 1.165) is 5.56 Å². The van der Waals surface area contributed by atoms with Crippen LogP contribution in [0.4, 0.5) is 8.78 Å². The SMILES string of the molecule is C=C(F)C(=O)N1C[C@@H](C)C(n2c(=O)c(=O)n(-c3c(C)ccnc3C(C)C)c3nc(-c4c(C)ccc5[nH]ncc45)c(F)cc32)C[C@H]1C. The fraction of sp³-hybridized carbons (Fsp3) is 0.353. The van der Waals surface area contributed by atoms with Crippen LogP contribution in [0.15, 0.2) is 58.7 Å². The molecule has 1 unspecified atom stereocenters. The van der Waals surface area contributed by atoms with Gasteiger partial charge in [0, 0.05) is 41.8 Å². The molecular weight excluding hydrogens is 592 g/mol. The molecule has 1 saturated heterocycles. The number of nitrogens with zero attached hydrogens (tertiary/aromatic N) is 6. The van der Waals surface area contributed by atoms with E-state index in [-0.39, 0.29) is 35.7 Å². The van der Waals surface area contributed by atoms with Gasteiger partial charge in [0.2, 0.25) is 0 Å². The summed E-state index contributed by atoms with van der Waals surface area (Å²) in [5.41, 5.74) is 2.15. The van der Waals surface area contributed by atoms with E-state index >= 15 is 4.39 Å². The fourth-order valence-electron chi connectivity index (χ4n) is 6.77. The van der Waals surface area contributed by atoms with E-state index in [2.05, 4.69) is 21.8 Å². The largest absolute Gasteiger partial charge is 0.334 e. The molecule has 0 spiro atoms. The number of aromatic nitrogens is 6. The molecule has 0 aliphatic carbocycles. The first-order valence-electron chi connectivity index (χ1n) is 15.2. The van der Waals surface area contributed by atoms with E-state index in [1.165, 1.54) is 20.1 Å². The minimum absolute atomic E-state index is 0.00581. The van der Waals surface area contributed by atoms with Gasteiger partial charge >= 0.3 is 11.1 Å². The zero-order valence-electron chi connectivity index (χ0n) is 26.6. The lowest BCUT2D eigenvalue weighted by atomic mass is 9.88. The standard InChI is InChI=1S/C34H35F2N7O3/c1-16(2)28-30(18(4)10-11-37-28)43-31-26(13-23(36)29(39-31)27-17(3)8-9-24-22(27)14-38-40-24)42(33(45)34(43)46)25-12-20(6)41(15-19(25)5)32(44)21(7)35/h8-11,13-14,16,19-20,25H,7,12,15H2,1-6H3,(H,38,40)/t19-,20-,25?/m1/s1. The first kappa shape index (κ1) is 31.0. The van der Waals surface area contributed by atoms with Crippen LogP contribution in [0.3, 0.4) is 0 Å². The number of aromatic amines is 1. The van der Waals surface area contributed by atoms with Crippen molar-refractivity contribution in [3.63, 3.8) is 0 Å². The molecule has 10 nitrogen and oxygen atoms in total. The third kappa shape index (κ3) is 4.83. The van der Waals surface area contributed by atoms with Crippen molar-refractivity contribution in [1.29, 1.82) is 0 Å². The van der Waals surface area contributed by atoms with Crippen molar-refractivity contribution in [3.05, 3.63) is 92.4 Å². The molecule has 4 aromatic heterocycles. The van der Waals surface area contributed by atoms with Crippen molar-refractivity contribution in [2.75, 3.05) is 6.54 Å². The number of nitrogens with one attached hydrogen (secondary N) is 1. The third-order valence-corrected chi connectivity index (χ3v) is 9.09. The maximum Gasteiger partial charge on any atom is 0.322 e. The molecule has 46 heavy (non-hydrogen) atoms. The lowest BCUT2D eigenvalue weighted by molar-refractivity contribution is -0.133. The number of H-pyrrole nitrogens is 1. The molecule has 1 aliphatic heterocycles. The second kappa shape index (κ2) is 11.4. The van der Waals surface area contributed by atoms with Gasteiger partial charge in [-0.1, -0.05) is 33.4 Å². The van der Waals surface area contributed by atoms with Gasteiger partial charge in [-0.25, -0.2) is 13.8 Å². The number of piperidine rings is 1. The van der Waals surface area contributed by atoms with Gasteiger partial charge in [-0.3, -0.25) is 33.6 Å². The summed E-state index contributed by atoms with van der Waals surface area (Å²) in [6, 6.07) is 5.58. The Labute approximate surface area is 263 Å². The quantitative estimate of drug-likeness (QED) is 0.199. The van der Waals surface area contributed by atoms with Gasteiger partial charge in [0.15, 0.2) is 17.3 Å². The molecule has 6 rings (SSSR count). The number of hydrogen-bond acceptors (Lipinski definition) is 6. The molecule has 1 aliphatic rings. The Morgan fingerprint density at radius 2 is 1.85 bits per heavy atom. The highest BCUT2D eigenvalue weighted by Gasteiger charge is 2.38. The van der Waals surface area contributed by atoms with E-state index in [0.29, 0.717) is 33.4 Å². The van der Waals surface area contributed by atoms with E-state index < -0.39 is 46.7 Å². The Bertz CT molecular complexity index is 2180. The third-order valence-electron chi connectivity index (χ3n) is 9.09. The van der Waals surface area contributed by atoms with E-state index in [9.17, 15) is 18.8 Å². The predicted molar refractivity (Wildman–Crippen MR) is 172 cm³/mol. The number of carbonyl (C=O) groups is 1. The zero-order valence-corrected chi connectivity index (χ0v) is 26.6. The summed E-state index contributed by atoms with van der Waals surface area (Å²) >= 11 is 0. The molecule has 238 valence electrons. The highest BCUT2D eigenvalue weighted by Crippen LogP contribution is 2.37. The smallest absolute Gasteiger partial charge is 0.322 e. The Hall–Kier alpha value is -5.00. The molecule has 5 aromatic rings. The molecule has 0 radical (unpaired) electrons. The van der Waals surface area contributed by atoms with Crippen LogP contribution in [-0.2, 0) is 4.79 Å². The number of carbonyl (C=O) groups excluding carboxylic acids is 1. The fourth-order valence-corrected chi connectivity index (χ4v) is 6.77. The molecule has 12 heteroatoms. The van der Waals surface area contributed by atoms with Crippen molar-refractivity contribution >= 4 is 28.0 Å². The number of fused-ring (bicyclic) bond motifs is 2. The summed E-state index contributed by atoms with van der Waals surface area (Å²) in [5, 5.41) is 7.70. The van der Waals surface area contributed by atoms with E-state index in [1.807, 2.05) is 46.8 Å². The summed E-state index contributed by atoms with van der Waals surface area (Å²) in [6.45, 7) is 14.3. The first-order valence-corrected chi connectivity index (χ1v) is 15.2. The average molecular weight is 628 g/mol. The average Bonchev–Trinajstić information content (AvgIpc) is 3.48. The van der Waals surface area contributed by atoms with Crippen molar-refractivity contribution in [2.45, 2.75) is 66.0 Å². The van der Waals surface area contributed by atoms with Gasteiger partial charge < -0.3 is 4.90 Å². The molecule has 3 atom stereocenters. The Balaban J connectivity index is 1.70. The van der Waals surface area contributed by atoms with E-state index in [4.69, 9.17) is 4.98 Å². The summed E-state index contributed by atoms with van der Waals surface area (Å²) < 4.78 is 32.8. The molecular formula is C34H35F2N7O3. The minimum Gasteiger partial charge on any atom is -0.334 e. The molecule has 1 N–H and O–H groups in total. The van der Waals surface area contributed by atoms with Crippen LogP contribution in [0.2, 0.25) is 0 Å². The highest BCUT2D eigenvalue weighted by atomic mass is 19.1. The van der Waals surface area contributed by atoms with Crippen LogP contribution in [0.1, 0.15) is 62.9 Å². The van der Waals surface area contributed by atoms with Crippen molar-refractivity contribution in [3.8, 4) is 16.9 Å². The normalized spacial score (nSPS) is 18.5. The molecule has 1 amide bonds. The van der Waals surface area contributed by atoms with Gasteiger partial charge in [0.05, 0.1) is 28.6 Å². The second-order valence-electron chi connectivity index (χ2n) is 12.6. The molecule has 0 bridgehead atoms. The molecule has 0 saturated carbocycles.